The first-order chi connectivity index (χ1) is 7.36. The first-order valence-corrected chi connectivity index (χ1v) is 6.56. The molecular weight excluding hydrogens is 200 g/mol. The van der Waals surface area contributed by atoms with Crippen LogP contribution in [0.5, 0.6) is 0 Å². The molecule has 1 aliphatic heterocycles. The largest absolute Gasteiger partial charge is 0.392 e. The van der Waals surface area contributed by atoms with Gasteiger partial charge in [0.05, 0.1) is 6.10 Å². The summed E-state index contributed by atoms with van der Waals surface area (Å²) in [6, 6.07) is 1.20. The lowest BCUT2D eigenvalue weighted by molar-refractivity contribution is 0.0667. The third-order valence-electron chi connectivity index (χ3n) is 4.04. The van der Waals surface area contributed by atoms with E-state index < -0.39 is 0 Å². The van der Waals surface area contributed by atoms with E-state index in [9.17, 15) is 5.11 Å². The molecule has 1 aliphatic rings. The molecule has 3 heteroatoms. The summed E-state index contributed by atoms with van der Waals surface area (Å²) in [6.45, 7) is 12.9. The van der Waals surface area contributed by atoms with Crippen molar-refractivity contribution in [3.63, 3.8) is 0 Å². The van der Waals surface area contributed by atoms with E-state index >= 15 is 0 Å². The molecule has 0 aromatic heterocycles. The number of nitrogens with one attached hydrogen (secondary N) is 1. The Labute approximate surface area is 100 Å². The standard InChI is InChI=1S/C13H28N2O/c1-6-15-8-7-12(9-10(15)2)14-13(4,5)11(3)16/h10-12,14,16H,6-9H2,1-5H3. The van der Waals surface area contributed by atoms with Gasteiger partial charge >= 0.3 is 0 Å². The first-order valence-electron chi connectivity index (χ1n) is 6.56. The lowest BCUT2D eigenvalue weighted by Crippen LogP contribution is -2.56. The third-order valence-corrected chi connectivity index (χ3v) is 4.04. The maximum atomic E-state index is 9.70. The second-order valence-corrected chi connectivity index (χ2v) is 5.74. The van der Waals surface area contributed by atoms with Gasteiger partial charge in [-0.3, -0.25) is 0 Å². The molecule has 0 amide bonds. The van der Waals surface area contributed by atoms with Gasteiger partial charge < -0.3 is 15.3 Å². The minimum atomic E-state index is -0.313. The van der Waals surface area contributed by atoms with Gasteiger partial charge in [0.25, 0.3) is 0 Å². The number of nitrogens with zero attached hydrogens (tertiary/aromatic N) is 1. The highest BCUT2D eigenvalue weighted by Gasteiger charge is 2.31. The molecular formula is C13H28N2O. The van der Waals surface area contributed by atoms with Gasteiger partial charge in [-0.15, -0.1) is 0 Å². The van der Waals surface area contributed by atoms with Crippen molar-refractivity contribution in [1.29, 1.82) is 0 Å². The minimum absolute atomic E-state index is 0.182. The maximum Gasteiger partial charge on any atom is 0.0688 e. The summed E-state index contributed by atoms with van der Waals surface area (Å²) < 4.78 is 0. The average Bonchev–Trinajstić information content (AvgIpc) is 2.17. The Hall–Kier alpha value is -0.120. The summed E-state index contributed by atoms with van der Waals surface area (Å²) in [5.41, 5.74) is -0.182. The molecule has 0 bridgehead atoms. The Morgan fingerprint density at radius 2 is 2.12 bits per heavy atom. The van der Waals surface area contributed by atoms with Gasteiger partial charge in [0.15, 0.2) is 0 Å². The quantitative estimate of drug-likeness (QED) is 0.767. The summed E-state index contributed by atoms with van der Waals surface area (Å²) in [6.07, 6.45) is 2.06. The van der Waals surface area contributed by atoms with E-state index in [1.165, 1.54) is 19.4 Å². The Morgan fingerprint density at radius 1 is 1.50 bits per heavy atom. The number of likely N-dealkylation sites (tertiary alicyclic amines) is 1. The number of rotatable bonds is 4. The second-order valence-electron chi connectivity index (χ2n) is 5.74. The summed E-state index contributed by atoms with van der Waals surface area (Å²) in [7, 11) is 0. The van der Waals surface area contributed by atoms with E-state index in [-0.39, 0.29) is 11.6 Å². The lowest BCUT2D eigenvalue weighted by atomic mass is 9.92. The predicted molar refractivity (Wildman–Crippen MR) is 68.6 cm³/mol. The van der Waals surface area contributed by atoms with Crippen LogP contribution in [-0.2, 0) is 0 Å². The van der Waals surface area contributed by atoms with Crippen molar-refractivity contribution in [3.05, 3.63) is 0 Å². The zero-order valence-electron chi connectivity index (χ0n) is 11.5. The van der Waals surface area contributed by atoms with Crippen molar-refractivity contribution in [2.45, 2.75) is 71.2 Å². The molecule has 2 N–H and O–H groups in total. The Kier molecular flexibility index (Phi) is 4.77. The van der Waals surface area contributed by atoms with Gasteiger partial charge in [0.1, 0.15) is 0 Å². The molecule has 1 heterocycles. The molecule has 96 valence electrons. The molecule has 3 atom stereocenters. The normalized spacial score (nSPS) is 30.4. The van der Waals surface area contributed by atoms with E-state index in [1.807, 2.05) is 6.92 Å². The van der Waals surface area contributed by atoms with Crippen molar-refractivity contribution in [2.24, 2.45) is 0 Å². The number of hydrogen-bond donors (Lipinski definition) is 2. The van der Waals surface area contributed by atoms with Crippen molar-refractivity contribution in [3.8, 4) is 0 Å². The van der Waals surface area contributed by atoms with Crippen molar-refractivity contribution < 1.29 is 5.11 Å². The van der Waals surface area contributed by atoms with E-state index in [0.29, 0.717) is 12.1 Å². The molecule has 0 radical (unpaired) electrons. The monoisotopic (exact) mass is 228 g/mol. The molecule has 0 spiro atoms. The van der Waals surface area contributed by atoms with Gasteiger partial charge in [0.2, 0.25) is 0 Å². The lowest BCUT2D eigenvalue weighted by Gasteiger charge is -2.41. The van der Waals surface area contributed by atoms with Gasteiger partial charge in [-0.25, -0.2) is 0 Å². The number of hydrogen-bond acceptors (Lipinski definition) is 3. The Balaban J connectivity index is 2.47. The van der Waals surface area contributed by atoms with Crippen LogP contribution in [-0.4, -0.2) is 46.8 Å². The molecule has 16 heavy (non-hydrogen) atoms. The van der Waals surface area contributed by atoms with E-state index in [4.69, 9.17) is 0 Å². The highest BCUT2D eigenvalue weighted by Crippen LogP contribution is 2.20. The fraction of sp³-hybridized carbons (Fsp3) is 1.00. The topological polar surface area (TPSA) is 35.5 Å². The zero-order valence-corrected chi connectivity index (χ0v) is 11.5. The predicted octanol–water partition coefficient (Wildman–Crippen LogP) is 1.61. The third kappa shape index (κ3) is 3.44. The van der Waals surface area contributed by atoms with Gasteiger partial charge in [-0.1, -0.05) is 6.92 Å². The van der Waals surface area contributed by atoms with E-state index in [0.717, 1.165) is 6.54 Å². The maximum absolute atomic E-state index is 9.70. The molecule has 0 aromatic carbocycles. The summed E-state index contributed by atoms with van der Waals surface area (Å²) in [5.74, 6) is 0. The SMILES string of the molecule is CCN1CCC(NC(C)(C)C(C)O)CC1C. The number of aliphatic hydroxyl groups excluding tert-OH is 1. The molecule has 1 saturated heterocycles. The fourth-order valence-electron chi connectivity index (χ4n) is 2.47. The zero-order chi connectivity index (χ0) is 12.3. The molecule has 0 aromatic rings. The van der Waals surface area contributed by atoms with Gasteiger partial charge in [0, 0.05) is 17.6 Å². The van der Waals surface area contributed by atoms with Gasteiger partial charge in [-0.2, -0.15) is 0 Å². The molecule has 1 rings (SSSR count). The van der Waals surface area contributed by atoms with Crippen molar-refractivity contribution in [1.82, 2.24) is 10.2 Å². The summed E-state index contributed by atoms with van der Waals surface area (Å²) >= 11 is 0. The molecule has 1 fully saturated rings. The fourth-order valence-corrected chi connectivity index (χ4v) is 2.47. The summed E-state index contributed by atoms with van der Waals surface area (Å²) in [4.78, 5) is 2.52. The molecule has 0 aliphatic carbocycles. The van der Waals surface area contributed by atoms with E-state index in [1.54, 1.807) is 0 Å². The van der Waals surface area contributed by atoms with Crippen LogP contribution in [0.15, 0.2) is 0 Å². The van der Waals surface area contributed by atoms with E-state index in [2.05, 4.69) is 37.9 Å². The highest BCUT2D eigenvalue weighted by atomic mass is 16.3. The first kappa shape index (κ1) is 13.9. The van der Waals surface area contributed by atoms with Crippen molar-refractivity contribution >= 4 is 0 Å². The highest BCUT2D eigenvalue weighted by molar-refractivity contribution is 4.90. The minimum Gasteiger partial charge on any atom is -0.392 e. The van der Waals surface area contributed by atoms with Crippen LogP contribution in [0.3, 0.4) is 0 Å². The Morgan fingerprint density at radius 3 is 2.56 bits per heavy atom. The van der Waals surface area contributed by atoms with Crippen LogP contribution in [0.2, 0.25) is 0 Å². The number of piperidine rings is 1. The average molecular weight is 228 g/mol. The smallest absolute Gasteiger partial charge is 0.0688 e. The summed E-state index contributed by atoms with van der Waals surface area (Å²) in [5, 5.41) is 13.3. The molecule has 3 nitrogen and oxygen atoms in total. The second kappa shape index (κ2) is 5.48. The molecule has 3 unspecified atom stereocenters. The van der Waals surface area contributed by atoms with Crippen LogP contribution in [0.1, 0.15) is 47.5 Å². The van der Waals surface area contributed by atoms with Crippen LogP contribution < -0.4 is 5.32 Å². The van der Waals surface area contributed by atoms with Crippen molar-refractivity contribution in [2.75, 3.05) is 13.1 Å². The molecule has 0 saturated carbocycles. The van der Waals surface area contributed by atoms with Crippen LogP contribution in [0, 0.1) is 0 Å². The van der Waals surface area contributed by atoms with Crippen LogP contribution >= 0.6 is 0 Å². The van der Waals surface area contributed by atoms with Gasteiger partial charge in [-0.05, 0) is 53.6 Å². The number of aliphatic hydroxyl groups is 1. The van der Waals surface area contributed by atoms with Crippen LogP contribution in [0.4, 0.5) is 0 Å². The Bertz CT molecular complexity index is 216. The van der Waals surface area contributed by atoms with Crippen LogP contribution in [0.25, 0.3) is 0 Å².